The van der Waals surface area contributed by atoms with E-state index in [-0.39, 0.29) is 24.2 Å². The molecule has 8 nitrogen and oxygen atoms in total. The number of hydrogen-bond acceptors (Lipinski definition) is 4. The lowest BCUT2D eigenvalue weighted by Gasteiger charge is -2.34. The fraction of sp³-hybridized carbons (Fsp3) is 0.462. The molecule has 0 saturated carbocycles. The van der Waals surface area contributed by atoms with Crippen molar-refractivity contribution < 1.29 is 22.4 Å². The van der Waals surface area contributed by atoms with E-state index < -0.39 is 34.5 Å². The molecule has 0 aliphatic rings. The van der Waals surface area contributed by atoms with E-state index in [1.807, 2.05) is 51.1 Å². The van der Waals surface area contributed by atoms with Crippen LogP contribution in [-0.2, 0) is 26.2 Å². The largest absolute Gasteiger partial charge is 0.352 e. The van der Waals surface area contributed by atoms with Crippen LogP contribution in [0.4, 0.5) is 10.1 Å². The van der Waals surface area contributed by atoms with Crippen molar-refractivity contribution in [3.8, 4) is 0 Å². The fourth-order valence-corrected chi connectivity index (χ4v) is 4.72. The summed E-state index contributed by atoms with van der Waals surface area (Å²) < 4.78 is 41.7. The molecule has 2 aromatic rings. The molecular weight excluding hydrogens is 483 g/mol. The second kappa shape index (κ2) is 13.4. The van der Waals surface area contributed by atoms with Crippen molar-refractivity contribution >= 4 is 27.7 Å². The van der Waals surface area contributed by atoms with Gasteiger partial charge in [-0.3, -0.25) is 9.59 Å². The summed E-state index contributed by atoms with van der Waals surface area (Å²) in [6.07, 6.45) is 1.59. The Hall–Kier alpha value is -2.98. The van der Waals surface area contributed by atoms with Gasteiger partial charge in [-0.2, -0.15) is 12.7 Å². The average molecular weight is 521 g/mol. The van der Waals surface area contributed by atoms with Gasteiger partial charge < -0.3 is 10.2 Å². The highest BCUT2D eigenvalue weighted by atomic mass is 32.2. The molecule has 198 valence electrons. The maximum atomic E-state index is 13.7. The van der Waals surface area contributed by atoms with E-state index in [4.69, 9.17) is 0 Å². The molecule has 0 saturated heterocycles. The molecule has 2 rings (SSSR count). The SMILES string of the molecule is CC[C@H](C(=O)N[C@@H](C)CC)N(CCc1ccccc1)C(=O)CN(c1ccc(F)cc1)S(=O)(=O)N(C)C. The number of amides is 2. The molecule has 0 fully saturated rings. The maximum Gasteiger partial charge on any atom is 0.304 e. The van der Waals surface area contributed by atoms with Gasteiger partial charge in [0.15, 0.2) is 0 Å². The Kier molecular flexibility index (Phi) is 10.9. The quantitative estimate of drug-likeness (QED) is 0.439. The van der Waals surface area contributed by atoms with E-state index in [1.165, 1.54) is 31.1 Å². The molecule has 36 heavy (non-hydrogen) atoms. The molecule has 2 atom stereocenters. The number of halogens is 1. The van der Waals surface area contributed by atoms with Crippen molar-refractivity contribution in [2.75, 3.05) is 31.5 Å². The molecule has 10 heteroatoms. The van der Waals surface area contributed by atoms with Crippen LogP contribution in [0.15, 0.2) is 54.6 Å². The summed E-state index contributed by atoms with van der Waals surface area (Å²) >= 11 is 0. The fourth-order valence-electron chi connectivity index (χ4n) is 3.66. The zero-order valence-electron chi connectivity index (χ0n) is 21.6. The van der Waals surface area contributed by atoms with E-state index >= 15 is 0 Å². The smallest absolute Gasteiger partial charge is 0.304 e. The monoisotopic (exact) mass is 520 g/mol. The molecule has 0 unspecified atom stereocenters. The Labute approximate surface area is 214 Å². The molecule has 0 radical (unpaired) electrons. The van der Waals surface area contributed by atoms with Crippen LogP contribution in [0.25, 0.3) is 0 Å². The first-order valence-corrected chi connectivity index (χ1v) is 13.5. The zero-order valence-corrected chi connectivity index (χ0v) is 22.5. The highest BCUT2D eigenvalue weighted by Gasteiger charge is 2.33. The number of carbonyl (C=O) groups excluding carboxylic acids is 2. The topological polar surface area (TPSA) is 90.0 Å². The zero-order chi connectivity index (χ0) is 26.9. The molecule has 2 aromatic carbocycles. The molecule has 0 aromatic heterocycles. The van der Waals surface area contributed by atoms with Gasteiger partial charge in [0.25, 0.3) is 0 Å². The number of rotatable bonds is 13. The van der Waals surface area contributed by atoms with Crippen molar-refractivity contribution in [1.29, 1.82) is 0 Å². The molecule has 0 bridgehead atoms. The normalized spacial score (nSPS) is 13.2. The van der Waals surface area contributed by atoms with Crippen LogP contribution in [0.3, 0.4) is 0 Å². The van der Waals surface area contributed by atoms with Gasteiger partial charge in [0, 0.05) is 26.7 Å². The summed E-state index contributed by atoms with van der Waals surface area (Å²) in [6, 6.07) is 13.6. The van der Waals surface area contributed by atoms with Gasteiger partial charge in [-0.1, -0.05) is 44.2 Å². The highest BCUT2D eigenvalue weighted by Crippen LogP contribution is 2.21. The number of benzene rings is 2. The first kappa shape index (κ1) is 29.3. The van der Waals surface area contributed by atoms with E-state index in [0.717, 1.165) is 32.7 Å². The Morgan fingerprint density at radius 3 is 2.11 bits per heavy atom. The molecule has 2 amide bonds. The Morgan fingerprint density at radius 2 is 1.58 bits per heavy atom. The Bertz CT molecular complexity index is 1090. The number of hydrogen-bond donors (Lipinski definition) is 1. The van der Waals surface area contributed by atoms with Gasteiger partial charge in [0.1, 0.15) is 18.4 Å². The summed E-state index contributed by atoms with van der Waals surface area (Å²) in [5.41, 5.74) is 1.14. The lowest BCUT2D eigenvalue weighted by atomic mass is 10.1. The second-order valence-corrected chi connectivity index (χ2v) is 10.9. The third-order valence-electron chi connectivity index (χ3n) is 6.00. The Morgan fingerprint density at radius 1 is 0.972 bits per heavy atom. The minimum absolute atomic E-state index is 0.0672. The maximum absolute atomic E-state index is 13.7. The summed E-state index contributed by atoms with van der Waals surface area (Å²) in [5, 5.41) is 2.94. The molecular formula is C26H37FN4O4S. The van der Waals surface area contributed by atoms with Gasteiger partial charge >= 0.3 is 10.2 Å². The minimum Gasteiger partial charge on any atom is -0.352 e. The predicted molar refractivity (Wildman–Crippen MR) is 140 cm³/mol. The van der Waals surface area contributed by atoms with Crippen molar-refractivity contribution in [3.05, 3.63) is 66.0 Å². The van der Waals surface area contributed by atoms with Crippen molar-refractivity contribution in [2.45, 2.75) is 52.1 Å². The van der Waals surface area contributed by atoms with Gasteiger partial charge in [0.2, 0.25) is 11.8 Å². The van der Waals surface area contributed by atoms with Crippen molar-refractivity contribution in [3.63, 3.8) is 0 Å². The third kappa shape index (κ3) is 7.76. The van der Waals surface area contributed by atoms with Crippen molar-refractivity contribution in [2.24, 2.45) is 0 Å². The van der Waals surface area contributed by atoms with Crippen LogP contribution in [-0.4, -0.2) is 68.7 Å². The second-order valence-electron chi connectivity index (χ2n) is 8.84. The summed E-state index contributed by atoms with van der Waals surface area (Å²) in [7, 11) is -1.36. The van der Waals surface area contributed by atoms with Crippen LogP contribution in [0, 0.1) is 5.82 Å². The lowest BCUT2D eigenvalue weighted by Crippen LogP contribution is -2.55. The first-order chi connectivity index (χ1) is 17.0. The van der Waals surface area contributed by atoms with Crippen LogP contribution >= 0.6 is 0 Å². The standard InChI is InChI=1S/C26H37FN4O4S/c1-6-20(3)28-26(33)24(7-2)30(18-17-21-11-9-8-10-12-21)25(32)19-31(36(34,35)29(4)5)23-15-13-22(27)14-16-23/h8-16,20,24H,6-7,17-19H2,1-5H3,(H,28,33)/t20-,24+/m0/s1. The van der Waals surface area contributed by atoms with Crippen LogP contribution in [0.1, 0.15) is 39.2 Å². The molecule has 0 aliphatic carbocycles. The van der Waals surface area contributed by atoms with Gasteiger partial charge in [0.05, 0.1) is 5.69 Å². The predicted octanol–water partition coefficient (Wildman–Crippen LogP) is 3.20. The van der Waals surface area contributed by atoms with Crippen LogP contribution in [0.2, 0.25) is 0 Å². The third-order valence-corrected chi connectivity index (χ3v) is 7.82. The Balaban J connectivity index is 2.42. The number of nitrogens with one attached hydrogen (secondary N) is 1. The number of anilines is 1. The summed E-state index contributed by atoms with van der Waals surface area (Å²) in [4.78, 5) is 28.3. The molecule has 1 N–H and O–H groups in total. The number of nitrogens with zero attached hydrogens (tertiary/aromatic N) is 3. The van der Waals surface area contributed by atoms with Gasteiger partial charge in [-0.15, -0.1) is 0 Å². The lowest BCUT2D eigenvalue weighted by molar-refractivity contribution is -0.139. The van der Waals surface area contributed by atoms with E-state index in [9.17, 15) is 22.4 Å². The summed E-state index contributed by atoms with van der Waals surface area (Å²) in [5.74, 6) is -1.33. The summed E-state index contributed by atoms with van der Waals surface area (Å²) in [6.45, 7) is 5.36. The van der Waals surface area contributed by atoms with Crippen molar-refractivity contribution in [1.82, 2.24) is 14.5 Å². The van der Waals surface area contributed by atoms with Crippen LogP contribution in [0.5, 0.6) is 0 Å². The molecule has 0 spiro atoms. The van der Waals surface area contributed by atoms with E-state index in [1.54, 1.807) is 0 Å². The van der Waals surface area contributed by atoms with Gasteiger partial charge in [-0.05, 0) is 56.0 Å². The average Bonchev–Trinajstić information content (AvgIpc) is 2.85. The number of carbonyl (C=O) groups is 2. The molecule has 0 heterocycles. The van der Waals surface area contributed by atoms with Gasteiger partial charge in [-0.25, -0.2) is 8.70 Å². The first-order valence-electron chi connectivity index (χ1n) is 12.1. The highest BCUT2D eigenvalue weighted by molar-refractivity contribution is 7.90. The van der Waals surface area contributed by atoms with Crippen LogP contribution < -0.4 is 9.62 Å². The van der Waals surface area contributed by atoms with E-state index in [2.05, 4.69) is 5.32 Å². The molecule has 0 aliphatic heterocycles. The van der Waals surface area contributed by atoms with E-state index in [0.29, 0.717) is 12.8 Å². The minimum atomic E-state index is -4.08.